The number of carbonyl (C=O) groups excluding carboxylic acids is 2. The summed E-state index contributed by atoms with van der Waals surface area (Å²) in [6, 6.07) is 11.4. The van der Waals surface area contributed by atoms with Crippen molar-refractivity contribution in [3.8, 4) is 5.75 Å². The zero-order chi connectivity index (χ0) is 26.0. The standard InChI is InChI=1S/C24H19F3N4O4S/c1-13-19-22(36-20(13)21(33)30-15-8-4-3-7-14(15)24(25,26)27)28-12-31(23(19)34)11-18(32)29-16-9-5-6-10-17(16)35-2/h3-10,12H,11H2,1-2H3,(H,29,32)(H,30,33). The number of anilines is 2. The summed E-state index contributed by atoms with van der Waals surface area (Å²) in [6.45, 7) is 1.15. The van der Waals surface area contributed by atoms with Crippen LogP contribution in [0.2, 0.25) is 0 Å². The number of aromatic nitrogens is 2. The van der Waals surface area contributed by atoms with Crippen molar-refractivity contribution in [1.82, 2.24) is 9.55 Å². The molecule has 0 saturated heterocycles. The molecule has 0 unspecified atom stereocenters. The minimum atomic E-state index is -4.65. The van der Waals surface area contributed by atoms with E-state index in [9.17, 15) is 27.6 Å². The summed E-state index contributed by atoms with van der Waals surface area (Å²) in [5.74, 6) is -0.854. The number of fused-ring (bicyclic) bond motifs is 1. The number of aryl methyl sites for hydroxylation is 1. The highest BCUT2D eigenvalue weighted by atomic mass is 32.1. The number of hydrogen-bond acceptors (Lipinski definition) is 6. The molecule has 36 heavy (non-hydrogen) atoms. The van der Waals surface area contributed by atoms with E-state index in [0.717, 1.165) is 28.0 Å². The summed E-state index contributed by atoms with van der Waals surface area (Å²) in [6.07, 6.45) is -3.47. The first-order chi connectivity index (χ1) is 17.1. The minimum Gasteiger partial charge on any atom is -0.495 e. The highest BCUT2D eigenvalue weighted by Crippen LogP contribution is 2.35. The van der Waals surface area contributed by atoms with Gasteiger partial charge >= 0.3 is 6.18 Å². The van der Waals surface area contributed by atoms with Crippen molar-refractivity contribution in [2.24, 2.45) is 0 Å². The summed E-state index contributed by atoms with van der Waals surface area (Å²) in [5.41, 5.74) is -1.26. The second-order valence-electron chi connectivity index (χ2n) is 7.66. The molecule has 4 rings (SSSR count). The molecule has 2 aromatic heterocycles. The molecule has 0 spiro atoms. The Kier molecular flexibility index (Phi) is 6.80. The maximum absolute atomic E-state index is 13.3. The van der Waals surface area contributed by atoms with Gasteiger partial charge < -0.3 is 15.4 Å². The van der Waals surface area contributed by atoms with E-state index in [1.807, 2.05) is 0 Å². The largest absolute Gasteiger partial charge is 0.495 e. The quantitative estimate of drug-likeness (QED) is 0.387. The van der Waals surface area contributed by atoms with Gasteiger partial charge in [-0.25, -0.2) is 4.98 Å². The topological polar surface area (TPSA) is 102 Å². The number of alkyl halides is 3. The van der Waals surface area contributed by atoms with Crippen LogP contribution < -0.4 is 20.9 Å². The fourth-order valence-electron chi connectivity index (χ4n) is 3.60. The van der Waals surface area contributed by atoms with Crippen molar-refractivity contribution < 1.29 is 27.5 Å². The van der Waals surface area contributed by atoms with Gasteiger partial charge in [-0.1, -0.05) is 24.3 Å². The minimum absolute atomic E-state index is 0.0443. The maximum atomic E-state index is 13.3. The molecule has 4 aromatic rings. The van der Waals surface area contributed by atoms with Crippen molar-refractivity contribution in [3.63, 3.8) is 0 Å². The summed E-state index contributed by atoms with van der Waals surface area (Å²) in [7, 11) is 1.46. The van der Waals surface area contributed by atoms with Crippen molar-refractivity contribution in [3.05, 3.63) is 81.2 Å². The van der Waals surface area contributed by atoms with Crippen molar-refractivity contribution in [1.29, 1.82) is 0 Å². The highest BCUT2D eigenvalue weighted by molar-refractivity contribution is 7.20. The fraction of sp³-hybridized carbons (Fsp3) is 0.167. The van der Waals surface area contributed by atoms with Gasteiger partial charge in [-0.15, -0.1) is 11.3 Å². The summed E-state index contributed by atoms with van der Waals surface area (Å²) in [5, 5.41) is 5.05. The molecule has 0 bridgehead atoms. The van der Waals surface area contributed by atoms with E-state index in [0.29, 0.717) is 11.4 Å². The smallest absolute Gasteiger partial charge is 0.418 e. The number of rotatable bonds is 6. The summed E-state index contributed by atoms with van der Waals surface area (Å²) in [4.78, 5) is 42.9. The zero-order valence-electron chi connectivity index (χ0n) is 19.0. The van der Waals surface area contributed by atoms with Gasteiger partial charge in [0, 0.05) is 0 Å². The lowest BCUT2D eigenvalue weighted by Gasteiger charge is -2.13. The predicted octanol–water partition coefficient (Wildman–Crippen LogP) is 4.68. The van der Waals surface area contributed by atoms with Crippen molar-refractivity contribution in [2.75, 3.05) is 17.7 Å². The normalized spacial score (nSPS) is 11.4. The molecule has 0 atom stereocenters. The van der Waals surface area contributed by atoms with Gasteiger partial charge in [-0.05, 0) is 36.8 Å². The monoisotopic (exact) mass is 516 g/mol. The van der Waals surface area contributed by atoms with Gasteiger partial charge in [0.25, 0.3) is 11.5 Å². The SMILES string of the molecule is COc1ccccc1NC(=O)Cn1cnc2sc(C(=O)Nc3ccccc3C(F)(F)F)c(C)c2c1=O. The Morgan fingerprint density at radius 1 is 1.06 bits per heavy atom. The number of amides is 2. The molecule has 8 nitrogen and oxygen atoms in total. The number of hydrogen-bond donors (Lipinski definition) is 2. The Labute approximate surface area is 206 Å². The second kappa shape index (κ2) is 9.82. The molecule has 0 aliphatic rings. The van der Waals surface area contributed by atoms with Gasteiger partial charge in [0.2, 0.25) is 5.91 Å². The first-order valence-electron chi connectivity index (χ1n) is 10.5. The lowest BCUT2D eigenvalue weighted by Crippen LogP contribution is -2.28. The molecular formula is C24H19F3N4O4S. The third kappa shape index (κ3) is 4.93. The number of methoxy groups -OCH3 is 1. The molecule has 0 aliphatic heterocycles. The van der Waals surface area contributed by atoms with E-state index in [4.69, 9.17) is 4.74 Å². The average molecular weight is 517 g/mol. The number of benzene rings is 2. The molecule has 2 heterocycles. The van der Waals surface area contributed by atoms with Crippen LogP contribution in [0.1, 0.15) is 20.8 Å². The highest BCUT2D eigenvalue weighted by Gasteiger charge is 2.34. The number of para-hydroxylation sites is 3. The predicted molar refractivity (Wildman–Crippen MR) is 130 cm³/mol. The zero-order valence-corrected chi connectivity index (χ0v) is 19.8. The van der Waals surface area contributed by atoms with Crippen LogP contribution in [0.25, 0.3) is 10.2 Å². The number of nitrogens with one attached hydrogen (secondary N) is 2. The lowest BCUT2D eigenvalue weighted by molar-refractivity contribution is -0.136. The molecule has 0 saturated carbocycles. The van der Waals surface area contributed by atoms with Crippen LogP contribution in [-0.4, -0.2) is 28.5 Å². The van der Waals surface area contributed by atoms with Crippen molar-refractivity contribution >= 4 is 44.7 Å². The molecule has 2 aromatic carbocycles. The van der Waals surface area contributed by atoms with Crippen LogP contribution in [0, 0.1) is 6.92 Å². The Balaban J connectivity index is 1.60. The Morgan fingerprint density at radius 2 is 1.72 bits per heavy atom. The maximum Gasteiger partial charge on any atom is 0.418 e. The Hall–Kier alpha value is -4.19. The third-order valence-corrected chi connectivity index (χ3v) is 6.50. The van der Waals surface area contributed by atoms with Gasteiger partial charge in [-0.3, -0.25) is 19.0 Å². The lowest BCUT2D eigenvalue weighted by atomic mass is 10.1. The molecule has 0 aliphatic carbocycles. The van der Waals surface area contributed by atoms with E-state index >= 15 is 0 Å². The number of ether oxygens (including phenoxy) is 1. The average Bonchev–Trinajstić information content (AvgIpc) is 3.18. The second-order valence-corrected chi connectivity index (χ2v) is 8.66. The van der Waals surface area contributed by atoms with Gasteiger partial charge in [0.1, 0.15) is 17.1 Å². The summed E-state index contributed by atoms with van der Waals surface area (Å²) < 4.78 is 46.1. The molecule has 12 heteroatoms. The first-order valence-corrected chi connectivity index (χ1v) is 11.3. The molecule has 0 fully saturated rings. The summed E-state index contributed by atoms with van der Waals surface area (Å²) >= 11 is 0.879. The number of carbonyl (C=O) groups is 2. The van der Waals surface area contributed by atoms with Crippen LogP contribution in [0.15, 0.2) is 59.7 Å². The van der Waals surface area contributed by atoms with E-state index < -0.39 is 34.8 Å². The van der Waals surface area contributed by atoms with Gasteiger partial charge in [-0.2, -0.15) is 13.2 Å². The molecule has 2 amide bonds. The van der Waals surface area contributed by atoms with E-state index in [1.54, 1.807) is 24.3 Å². The van der Waals surface area contributed by atoms with E-state index in [1.165, 1.54) is 32.5 Å². The molecule has 2 N–H and O–H groups in total. The van der Waals surface area contributed by atoms with E-state index in [2.05, 4.69) is 15.6 Å². The molecule has 186 valence electrons. The van der Waals surface area contributed by atoms with Crippen LogP contribution in [-0.2, 0) is 17.5 Å². The first kappa shape index (κ1) is 24.9. The number of nitrogens with zero attached hydrogens (tertiary/aromatic N) is 2. The fourth-order valence-corrected chi connectivity index (χ4v) is 4.63. The Bertz CT molecular complexity index is 1530. The van der Waals surface area contributed by atoms with Crippen LogP contribution in [0.4, 0.5) is 24.5 Å². The van der Waals surface area contributed by atoms with Crippen LogP contribution in [0.3, 0.4) is 0 Å². The van der Waals surface area contributed by atoms with Crippen LogP contribution in [0.5, 0.6) is 5.75 Å². The third-order valence-electron chi connectivity index (χ3n) is 5.30. The van der Waals surface area contributed by atoms with Gasteiger partial charge in [0.05, 0.1) is 40.6 Å². The number of thiophene rings is 1. The number of halogens is 3. The van der Waals surface area contributed by atoms with Crippen LogP contribution >= 0.6 is 11.3 Å². The van der Waals surface area contributed by atoms with Crippen molar-refractivity contribution in [2.45, 2.75) is 19.6 Å². The Morgan fingerprint density at radius 3 is 2.42 bits per heavy atom. The van der Waals surface area contributed by atoms with E-state index in [-0.39, 0.29) is 27.2 Å². The molecular weight excluding hydrogens is 497 g/mol. The molecule has 0 radical (unpaired) electrons. The van der Waals surface area contributed by atoms with Gasteiger partial charge in [0.15, 0.2) is 0 Å².